The lowest BCUT2D eigenvalue weighted by molar-refractivity contribution is 0.0372. The van der Waals surface area contributed by atoms with Crippen LogP contribution in [0.25, 0.3) is 0 Å². The van der Waals surface area contributed by atoms with Crippen LogP contribution in [-0.2, 0) is 0 Å². The number of rotatable bonds is 1. The van der Waals surface area contributed by atoms with E-state index in [0.717, 1.165) is 30.8 Å². The fourth-order valence-electron chi connectivity index (χ4n) is 3.30. The van der Waals surface area contributed by atoms with Crippen LogP contribution in [0.3, 0.4) is 0 Å². The van der Waals surface area contributed by atoms with Gasteiger partial charge < -0.3 is 10.6 Å². The molecule has 2 saturated heterocycles. The van der Waals surface area contributed by atoms with Crippen molar-refractivity contribution in [3.05, 3.63) is 29.3 Å². The van der Waals surface area contributed by atoms with Crippen LogP contribution in [0.2, 0.25) is 0 Å². The van der Waals surface area contributed by atoms with Crippen LogP contribution in [0.4, 0.5) is 5.69 Å². The van der Waals surface area contributed by atoms with Crippen LogP contribution in [0, 0.1) is 6.92 Å². The van der Waals surface area contributed by atoms with Crippen molar-refractivity contribution in [3.63, 3.8) is 0 Å². The summed E-state index contributed by atoms with van der Waals surface area (Å²) < 4.78 is 0. The Morgan fingerprint density at radius 3 is 2.90 bits per heavy atom. The number of hydrogen-bond acceptors (Lipinski definition) is 3. The molecule has 2 heterocycles. The molecule has 1 aromatic carbocycles. The number of amides is 1. The van der Waals surface area contributed by atoms with E-state index in [1.54, 1.807) is 0 Å². The molecule has 2 fully saturated rings. The molecule has 0 aliphatic carbocycles. The van der Waals surface area contributed by atoms with E-state index >= 15 is 0 Å². The van der Waals surface area contributed by atoms with Crippen molar-refractivity contribution in [3.8, 4) is 0 Å². The van der Waals surface area contributed by atoms with Gasteiger partial charge in [-0.25, -0.2) is 0 Å². The number of nitrogens with two attached hydrogens (primary N) is 1. The number of piperazine rings is 1. The number of benzene rings is 1. The standard InChI is InChI=1S/C16H23N3O/c1-12-5-6-13(10-15(12)17)16(20)19-9-8-18-7-3-2-4-14(18)11-19/h5-6,10,14H,2-4,7-9,11,17H2,1H3/t14-/m1/s1. The molecule has 20 heavy (non-hydrogen) atoms. The van der Waals surface area contributed by atoms with Crippen molar-refractivity contribution in [2.75, 3.05) is 31.9 Å². The van der Waals surface area contributed by atoms with Crippen LogP contribution in [0.5, 0.6) is 0 Å². The second-order valence-electron chi connectivity index (χ2n) is 6.01. The summed E-state index contributed by atoms with van der Waals surface area (Å²) in [6.45, 7) is 5.88. The van der Waals surface area contributed by atoms with E-state index in [2.05, 4.69) is 4.90 Å². The van der Waals surface area contributed by atoms with Gasteiger partial charge in [-0.15, -0.1) is 0 Å². The van der Waals surface area contributed by atoms with Crippen LogP contribution >= 0.6 is 0 Å². The summed E-state index contributed by atoms with van der Waals surface area (Å²) in [4.78, 5) is 17.1. The van der Waals surface area contributed by atoms with E-state index in [4.69, 9.17) is 5.73 Å². The molecule has 4 nitrogen and oxygen atoms in total. The third-order valence-corrected chi connectivity index (χ3v) is 4.65. The van der Waals surface area contributed by atoms with Gasteiger partial charge in [-0.05, 0) is 44.0 Å². The van der Waals surface area contributed by atoms with Crippen molar-refractivity contribution >= 4 is 11.6 Å². The Kier molecular flexibility index (Phi) is 3.66. The number of aryl methyl sites for hydroxylation is 1. The Bertz CT molecular complexity index is 514. The first-order valence-electron chi connectivity index (χ1n) is 7.54. The highest BCUT2D eigenvalue weighted by molar-refractivity contribution is 5.95. The van der Waals surface area contributed by atoms with Crippen LogP contribution < -0.4 is 5.73 Å². The molecular weight excluding hydrogens is 250 g/mol. The summed E-state index contributed by atoms with van der Waals surface area (Å²) >= 11 is 0. The molecule has 2 N–H and O–H groups in total. The summed E-state index contributed by atoms with van der Waals surface area (Å²) in [6.07, 6.45) is 3.82. The third kappa shape index (κ3) is 2.52. The van der Waals surface area contributed by atoms with E-state index in [9.17, 15) is 4.79 Å². The van der Waals surface area contributed by atoms with Gasteiger partial charge in [0, 0.05) is 36.9 Å². The fraction of sp³-hybridized carbons (Fsp3) is 0.562. The summed E-state index contributed by atoms with van der Waals surface area (Å²) in [6, 6.07) is 6.19. The molecule has 3 rings (SSSR count). The summed E-state index contributed by atoms with van der Waals surface area (Å²) in [5, 5.41) is 0. The molecule has 0 aromatic heterocycles. The minimum Gasteiger partial charge on any atom is -0.398 e. The molecule has 2 aliphatic rings. The van der Waals surface area contributed by atoms with Gasteiger partial charge in [0.1, 0.15) is 0 Å². The number of nitrogens with zero attached hydrogens (tertiary/aromatic N) is 2. The number of piperidine rings is 1. The minimum atomic E-state index is 0.127. The summed E-state index contributed by atoms with van der Waals surface area (Å²) in [5.74, 6) is 0.127. The number of nitrogen functional groups attached to an aromatic ring is 1. The smallest absolute Gasteiger partial charge is 0.254 e. The van der Waals surface area contributed by atoms with Gasteiger partial charge in [-0.2, -0.15) is 0 Å². The first kappa shape index (κ1) is 13.4. The molecule has 1 amide bonds. The highest BCUT2D eigenvalue weighted by Crippen LogP contribution is 2.23. The zero-order chi connectivity index (χ0) is 14.1. The van der Waals surface area contributed by atoms with E-state index in [1.165, 1.54) is 25.8 Å². The number of anilines is 1. The molecule has 2 aliphatic heterocycles. The lowest BCUT2D eigenvalue weighted by Crippen LogP contribution is -2.56. The molecule has 0 bridgehead atoms. The van der Waals surface area contributed by atoms with Gasteiger partial charge in [0.2, 0.25) is 0 Å². The Morgan fingerprint density at radius 1 is 1.25 bits per heavy atom. The van der Waals surface area contributed by atoms with Crippen molar-refractivity contribution < 1.29 is 4.79 Å². The predicted molar refractivity (Wildman–Crippen MR) is 80.7 cm³/mol. The number of fused-ring (bicyclic) bond motifs is 1. The largest absolute Gasteiger partial charge is 0.398 e. The number of carbonyl (C=O) groups excluding carboxylic acids is 1. The Hall–Kier alpha value is -1.55. The first-order valence-corrected chi connectivity index (χ1v) is 7.54. The van der Waals surface area contributed by atoms with Gasteiger partial charge in [0.05, 0.1) is 0 Å². The third-order valence-electron chi connectivity index (χ3n) is 4.65. The van der Waals surface area contributed by atoms with E-state index in [0.29, 0.717) is 11.7 Å². The van der Waals surface area contributed by atoms with Gasteiger partial charge >= 0.3 is 0 Å². The second-order valence-corrected chi connectivity index (χ2v) is 6.01. The fourth-order valence-corrected chi connectivity index (χ4v) is 3.30. The molecule has 0 spiro atoms. The zero-order valence-electron chi connectivity index (χ0n) is 12.1. The average Bonchev–Trinajstić information content (AvgIpc) is 2.49. The van der Waals surface area contributed by atoms with E-state index in [-0.39, 0.29) is 5.91 Å². The van der Waals surface area contributed by atoms with Crippen molar-refractivity contribution in [2.45, 2.75) is 32.2 Å². The van der Waals surface area contributed by atoms with Gasteiger partial charge in [0.15, 0.2) is 0 Å². The maximum atomic E-state index is 12.6. The lowest BCUT2D eigenvalue weighted by atomic mass is 9.99. The Labute approximate surface area is 120 Å². The molecule has 0 saturated carbocycles. The Balaban J connectivity index is 1.72. The normalized spacial score (nSPS) is 23.4. The highest BCUT2D eigenvalue weighted by atomic mass is 16.2. The van der Waals surface area contributed by atoms with Crippen LogP contribution in [-0.4, -0.2) is 47.9 Å². The quantitative estimate of drug-likeness (QED) is 0.795. The maximum Gasteiger partial charge on any atom is 0.254 e. The van der Waals surface area contributed by atoms with Gasteiger partial charge in [-0.3, -0.25) is 9.69 Å². The molecule has 0 radical (unpaired) electrons. The van der Waals surface area contributed by atoms with Crippen molar-refractivity contribution in [2.24, 2.45) is 0 Å². The molecule has 1 aromatic rings. The van der Waals surface area contributed by atoms with Crippen molar-refractivity contribution in [1.82, 2.24) is 9.80 Å². The van der Waals surface area contributed by atoms with Crippen LogP contribution in [0.1, 0.15) is 35.2 Å². The number of carbonyl (C=O) groups is 1. The molecule has 108 valence electrons. The second kappa shape index (κ2) is 5.44. The zero-order valence-corrected chi connectivity index (χ0v) is 12.1. The lowest BCUT2D eigenvalue weighted by Gasteiger charge is -2.44. The molecule has 0 unspecified atom stereocenters. The first-order chi connectivity index (χ1) is 9.65. The molecule has 1 atom stereocenters. The summed E-state index contributed by atoms with van der Waals surface area (Å²) in [5.41, 5.74) is 8.36. The average molecular weight is 273 g/mol. The van der Waals surface area contributed by atoms with E-state index in [1.807, 2.05) is 30.0 Å². The molecule has 4 heteroatoms. The van der Waals surface area contributed by atoms with Gasteiger partial charge in [-0.1, -0.05) is 12.5 Å². The van der Waals surface area contributed by atoms with Gasteiger partial charge in [0.25, 0.3) is 5.91 Å². The number of hydrogen-bond donors (Lipinski definition) is 1. The van der Waals surface area contributed by atoms with E-state index < -0.39 is 0 Å². The summed E-state index contributed by atoms with van der Waals surface area (Å²) in [7, 11) is 0. The minimum absolute atomic E-state index is 0.127. The highest BCUT2D eigenvalue weighted by Gasteiger charge is 2.31. The predicted octanol–water partition coefficient (Wildman–Crippen LogP) is 1.89. The monoisotopic (exact) mass is 273 g/mol. The topological polar surface area (TPSA) is 49.6 Å². The maximum absolute atomic E-state index is 12.6. The molecular formula is C16H23N3O. The van der Waals surface area contributed by atoms with Crippen molar-refractivity contribution in [1.29, 1.82) is 0 Å². The van der Waals surface area contributed by atoms with Crippen LogP contribution in [0.15, 0.2) is 18.2 Å². The SMILES string of the molecule is Cc1ccc(C(=O)N2CCN3CCCC[C@@H]3C2)cc1N. The Morgan fingerprint density at radius 2 is 2.10 bits per heavy atom.